The Balaban J connectivity index is 1.65. The van der Waals surface area contributed by atoms with Crippen molar-refractivity contribution in [3.8, 4) is 0 Å². The lowest BCUT2D eigenvalue weighted by molar-refractivity contribution is -0.136. The Morgan fingerprint density at radius 2 is 1.69 bits per heavy atom. The van der Waals surface area contributed by atoms with Gasteiger partial charge in [0, 0.05) is 37.5 Å². The molecule has 1 aliphatic rings. The molecule has 9 nitrogen and oxygen atoms in total. The van der Waals surface area contributed by atoms with E-state index in [0.29, 0.717) is 41.8 Å². The van der Waals surface area contributed by atoms with Crippen LogP contribution in [0, 0.1) is 6.92 Å². The molecule has 4 rings (SSSR count). The van der Waals surface area contributed by atoms with E-state index in [1.807, 2.05) is 31.2 Å². The van der Waals surface area contributed by atoms with Gasteiger partial charge in [-0.05, 0) is 68.3 Å². The molecule has 222 valence electrons. The van der Waals surface area contributed by atoms with E-state index in [1.165, 1.54) is 46.7 Å². The van der Waals surface area contributed by atoms with Crippen LogP contribution in [0.3, 0.4) is 0 Å². The molecule has 0 atom stereocenters. The topological polar surface area (TPSA) is 106 Å². The van der Waals surface area contributed by atoms with Crippen LogP contribution in [-0.2, 0) is 42.2 Å². The van der Waals surface area contributed by atoms with Crippen molar-refractivity contribution in [2.24, 2.45) is 0 Å². The number of carbonyl (C=O) groups is 2. The molecule has 0 fully saturated rings. The highest BCUT2D eigenvalue weighted by molar-refractivity contribution is 7.89. The van der Waals surface area contributed by atoms with Gasteiger partial charge in [0.15, 0.2) is 0 Å². The van der Waals surface area contributed by atoms with Crippen molar-refractivity contribution in [2.75, 3.05) is 27.4 Å². The smallest absolute Gasteiger partial charge is 0.340 e. The van der Waals surface area contributed by atoms with E-state index in [1.54, 1.807) is 26.2 Å². The van der Waals surface area contributed by atoms with E-state index < -0.39 is 16.0 Å². The predicted molar refractivity (Wildman–Crippen MR) is 159 cm³/mol. The minimum Gasteiger partial charge on any atom is -0.465 e. The highest BCUT2D eigenvalue weighted by Crippen LogP contribution is 2.32. The highest BCUT2D eigenvalue weighted by atomic mass is 35.5. The third kappa shape index (κ3) is 7.01. The Morgan fingerprint density at radius 1 is 1.00 bits per heavy atom. The van der Waals surface area contributed by atoms with E-state index in [9.17, 15) is 18.0 Å². The van der Waals surface area contributed by atoms with Crippen LogP contribution in [0.5, 0.6) is 0 Å². The van der Waals surface area contributed by atoms with Gasteiger partial charge in [-0.25, -0.2) is 13.2 Å². The van der Waals surface area contributed by atoms with Gasteiger partial charge in [0.25, 0.3) is 5.91 Å². The number of ether oxygens (including phenoxy) is 2. The van der Waals surface area contributed by atoms with Crippen molar-refractivity contribution >= 4 is 39.6 Å². The van der Waals surface area contributed by atoms with Gasteiger partial charge in [-0.2, -0.15) is 4.31 Å². The number of benzene rings is 2. The first-order valence-corrected chi connectivity index (χ1v) is 15.1. The zero-order chi connectivity index (χ0) is 30.4. The summed E-state index contributed by atoms with van der Waals surface area (Å²) in [7, 11) is -1.10. The number of nitrogens with zero attached hydrogens (tertiary/aromatic N) is 2. The van der Waals surface area contributed by atoms with Crippen molar-refractivity contribution in [3.63, 3.8) is 0 Å². The molecule has 0 saturated heterocycles. The average Bonchev–Trinajstić information content (AvgIpc) is 3.51. The number of amides is 1. The largest absolute Gasteiger partial charge is 0.465 e. The van der Waals surface area contributed by atoms with E-state index in [0.717, 1.165) is 11.1 Å². The number of hydrogen-bond donors (Lipinski definition) is 0. The number of aryl methyl sites for hydroxylation is 1. The van der Waals surface area contributed by atoms with E-state index >= 15 is 0 Å². The fraction of sp³-hybridized carbons (Fsp3) is 0.290. The van der Waals surface area contributed by atoms with E-state index in [2.05, 4.69) is 0 Å². The van der Waals surface area contributed by atoms with Gasteiger partial charge in [-0.3, -0.25) is 4.79 Å². The standard InChI is InChI=1S/C31H33ClN2O7S/c1-21-6-8-23(9-7-21)19-33(42(37,38)27-14-10-24(32)11-15-27)20-26-13-12-25(41-26)18-28-29(31(36)40-4)22(2)34(30(28)35)16-5-17-39-3/h6-15,18H,5,16-17,19-20H2,1-4H3/b28-18+. The second kappa shape index (κ2) is 13.5. The Morgan fingerprint density at radius 3 is 2.33 bits per heavy atom. The monoisotopic (exact) mass is 612 g/mol. The summed E-state index contributed by atoms with van der Waals surface area (Å²) in [5.74, 6) is -0.339. The lowest BCUT2D eigenvalue weighted by atomic mass is 10.1. The van der Waals surface area contributed by atoms with Gasteiger partial charge in [0.2, 0.25) is 10.0 Å². The number of rotatable bonds is 12. The summed E-state index contributed by atoms with van der Waals surface area (Å²) in [6, 6.07) is 16.9. The molecule has 0 unspecified atom stereocenters. The molecule has 0 N–H and O–H groups in total. The van der Waals surface area contributed by atoms with Gasteiger partial charge in [0.05, 0.1) is 29.7 Å². The lowest BCUT2D eigenvalue weighted by Gasteiger charge is -2.21. The molecule has 3 aromatic rings. The van der Waals surface area contributed by atoms with Crippen LogP contribution in [0.4, 0.5) is 0 Å². The highest BCUT2D eigenvalue weighted by Gasteiger charge is 2.37. The number of allylic oxidation sites excluding steroid dienone is 1. The van der Waals surface area contributed by atoms with Crippen molar-refractivity contribution < 1.29 is 31.9 Å². The number of halogens is 1. The number of carbonyl (C=O) groups excluding carboxylic acids is 2. The maximum absolute atomic E-state index is 13.7. The summed E-state index contributed by atoms with van der Waals surface area (Å²) in [6.07, 6.45) is 2.07. The van der Waals surface area contributed by atoms with Crippen molar-refractivity contribution in [1.82, 2.24) is 9.21 Å². The summed E-state index contributed by atoms with van der Waals surface area (Å²) < 4.78 is 44.7. The second-order valence-electron chi connectivity index (χ2n) is 9.83. The zero-order valence-corrected chi connectivity index (χ0v) is 25.5. The molecular formula is C31H33ClN2O7S. The minimum atomic E-state index is -3.94. The molecule has 42 heavy (non-hydrogen) atoms. The predicted octanol–water partition coefficient (Wildman–Crippen LogP) is 5.34. The molecule has 2 heterocycles. The van der Waals surface area contributed by atoms with Crippen LogP contribution in [0.15, 0.2) is 86.8 Å². The SMILES string of the molecule is COCCCN1C(=O)/C(=C/c2ccc(CN(Cc3ccc(C)cc3)S(=O)(=O)c3ccc(Cl)cc3)o2)C(C(=O)OC)=C1C. The summed E-state index contributed by atoms with van der Waals surface area (Å²) in [6.45, 7) is 4.51. The van der Waals surface area contributed by atoms with Gasteiger partial charge in [-0.15, -0.1) is 0 Å². The normalized spacial score (nSPS) is 14.9. The first-order chi connectivity index (χ1) is 20.0. The van der Waals surface area contributed by atoms with Crippen LogP contribution in [0.1, 0.15) is 36.0 Å². The molecular weight excluding hydrogens is 580 g/mol. The van der Waals surface area contributed by atoms with Crippen LogP contribution >= 0.6 is 11.6 Å². The van der Waals surface area contributed by atoms with Crippen molar-refractivity contribution in [3.05, 3.63) is 105 Å². The number of hydrogen-bond acceptors (Lipinski definition) is 7. The number of esters is 1. The van der Waals surface area contributed by atoms with Gasteiger partial charge >= 0.3 is 5.97 Å². The molecule has 0 radical (unpaired) electrons. The van der Waals surface area contributed by atoms with Gasteiger partial charge in [0.1, 0.15) is 11.5 Å². The van der Waals surface area contributed by atoms with Crippen molar-refractivity contribution in [2.45, 2.75) is 38.3 Å². The van der Waals surface area contributed by atoms with E-state index in [4.69, 9.17) is 25.5 Å². The number of sulfonamides is 1. The van der Waals surface area contributed by atoms with Crippen LogP contribution in [0.2, 0.25) is 5.02 Å². The number of furan rings is 1. The third-order valence-electron chi connectivity index (χ3n) is 6.86. The Labute approximate surface area is 251 Å². The van der Waals surface area contributed by atoms with Crippen LogP contribution < -0.4 is 0 Å². The molecule has 0 saturated carbocycles. The van der Waals surface area contributed by atoms with Crippen LogP contribution in [-0.4, -0.2) is 56.9 Å². The molecule has 2 aromatic carbocycles. The van der Waals surface area contributed by atoms with Gasteiger partial charge < -0.3 is 18.8 Å². The summed E-state index contributed by atoms with van der Waals surface area (Å²) in [5.41, 5.74) is 2.65. The maximum Gasteiger partial charge on any atom is 0.340 e. The summed E-state index contributed by atoms with van der Waals surface area (Å²) in [5, 5.41) is 0.428. The molecule has 1 amide bonds. The van der Waals surface area contributed by atoms with Crippen molar-refractivity contribution in [1.29, 1.82) is 0 Å². The average molecular weight is 613 g/mol. The third-order valence-corrected chi connectivity index (χ3v) is 8.92. The molecule has 0 spiro atoms. The Kier molecular flexibility index (Phi) is 10.1. The lowest BCUT2D eigenvalue weighted by Crippen LogP contribution is -2.30. The first-order valence-electron chi connectivity index (χ1n) is 13.3. The van der Waals surface area contributed by atoms with E-state index in [-0.39, 0.29) is 35.0 Å². The summed E-state index contributed by atoms with van der Waals surface area (Å²) >= 11 is 5.99. The fourth-order valence-corrected chi connectivity index (χ4v) is 6.14. The minimum absolute atomic E-state index is 0.0716. The van der Waals surface area contributed by atoms with Crippen LogP contribution in [0.25, 0.3) is 6.08 Å². The molecule has 1 aromatic heterocycles. The molecule has 1 aliphatic heterocycles. The number of methoxy groups -OCH3 is 2. The first kappa shape index (κ1) is 31.2. The Hall–Kier alpha value is -3.70. The van der Waals surface area contributed by atoms with Gasteiger partial charge in [-0.1, -0.05) is 41.4 Å². The fourth-order valence-electron chi connectivity index (χ4n) is 4.62. The summed E-state index contributed by atoms with van der Waals surface area (Å²) in [4.78, 5) is 27.5. The molecule has 0 aliphatic carbocycles. The zero-order valence-electron chi connectivity index (χ0n) is 23.9. The molecule has 11 heteroatoms. The second-order valence-corrected chi connectivity index (χ2v) is 12.2. The quantitative estimate of drug-likeness (QED) is 0.154. The Bertz CT molecular complexity index is 1610. The molecule has 0 bridgehead atoms. The maximum atomic E-state index is 13.7.